The highest BCUT2D eigenvalue weighted by atomic mass is 127. The maximum atomic E-state index is 3.61. The van der Waals surface area contributed by atoms with Gasteiger partial charge in [0.15, 0.2) is 0 Å². The lowest BCUT2D eigenvalue weighted by Crippen LogP contribution is -1.81. The van der Waals surface area contributed by atoms with Crippen molar-refractivity contribution in [3.8, 4) is 0 Å². The molecule has 0 aliphatic heterocycles. The molecule has 0 aromatic heterocycles. The van der Waals surface area contributed by atoms with Gasteiger partial charge in [-0.2, -0.15) is 0 Å². The first-order valence-electron chi connectivity index (χ1n) is 5.02. The molecule has 3 rings (SSSR count). The van der Waals surface area contributed by atoms with Crippen molar-refractivity contribution in [1.29, 1.82) is 0 Å². The molecule has 0 saturated heterocycles. The highest BCUT2D eigenvalue weighted by Crippen LogP contribution is 2.31. The van der Waals surface area contributed by atoms with Crippen molar-refractivity contribution in [2.24, 2.45) is 0 Å². The van der Waals surface area contributed by atoms with E-state index in [1.165, 1.54) is 25.1 Å². The van der Waals surface area contributed by atoms with Gasteiger partial charge in [0.2, 0.25) is 0 Å². The van der Waals surface area contributed by atoms with Crippen LogP contribution in [-0.4, -0.2) is 0 Å². The molecule has 2 heteroatoms. The van der Waals surface area contributed by atoms with Gasteiger partial charge in [-0.15, -0.1) is 0 Å². The number of benzene rings is 3. The number of halogens is 2. The Bertz CT molecular complexity index is 629. The third kappa shape index (κ3) is 1.64. The van der Waals surface area contributed by atoms with E-state index < -0.39 is 0 Å². The molecule has 0 N–H and O–H groups in total. The van der Waals surface area contributed by atoms with Crippen molar-refractivity contribution in [1.82, 2.24) is 0 Å². The topological polar surface area (TPSA) is 0 Å². The van der Waals surface area contributed by atoms with Crippen molar-refractivity contribution in [3.05, 3.63) is 56.6 Å². The normalized spacial score (nSPS) is 11.1. The number of rotatable bonds is 0. The Morgan fingerprint density at radius 1 is 0.812 bits per heavy atom. The van der Waals surface area contributed by atoms with Gasteiger partial charge in [-0.05, 0) is 68.4 Å². The van der Waals surface area contributed by atoms with E-state index in [0.717, 1.165) is 4.47 Å². The number of hydrogen-bond acceptors (Lipinski definition) is 0. The summed E-state index contributed by atoms with van der Waals surface area (Å²) in [6.45, 7) is 0. The van der Waals surface area contributed by atoms with Gasteiger partial charge < -0.3 is 0 Å². The minimum Gasteiger partial charge on any atom is -0.0616 e. The summed E-state index contributed by atoms with van der Waals surface area (Å²) < 4.78 is 2.45. The summed E-state index contributed by atoms with van der Waals surface area (Å²) in [5.41, 5.74) is 0. The van der Waals surface area contributed by atoms with E-state index in [1.54, 1.807) is 0 Å². The smallest absolute Gasteiger partial charge is 0.0254 e. The molecule has 0 radical (unpaired) electrons. The van der Waals surface area contributed by atoms with Crippen LogP contribution in [0.3, 0.4) is 0 Å². The number of hydrogen-bond donors (Lipinski definition) is 0. The minimum absolute atomic E-state index is 1.16. The van der Waals surface area contributed by atoms with Gasteiger partial charge in [-0.25, -0.2) is 0 Å². The van der Waals surface area contributed by atoms with E-state index in [-0.39, 0.29) is 0 Å². The molecule has 3 aromatic rings. The lowest BCUT2D eigenvalue weighted by molar-refractivity contribution is 1.69. The van der Waals surface area contributed by atoms with Crippen molar-refractivity contribution in [2.75, 3.05) is 0 Å². The van der Waals surface area contributed by atoms with Crippen LogP contribution in [0, 0.1) is 3.57 Å². The molecule has 0 spiro atoms. The summed E-state index contributed by atoms with van der Waals surface area (Å²) in [7, 11) is 0. The van der Waals surface area contributed by atoms with Crippen LogP contribution in [0.5, 0.6) is 0 Å². The van der Waals surface area contributed by atoms with Crippen molar-refractivity contribution < 1.29 is 0 Å². The Hall–Kier alpha value is -0.610. The standard InChI is InChI=1S/C14H8BrI/c15-13-5-6-14(16)12-8-10-4-2-1-3-9(10)7-11(12)13/h1-8H. The summed E-state index contributed by atoms with van der Waals surface area (Å²) >= 11 is 6.00. The Morgan fingerprint density at radius 3 is 2.12 bits per heavy atom. The summed E-state index contributed by atoms with van der Waals surface area (Å²) in [5, 5.41) is 5.18. The quantitative estimate of drug-likeness (QED) is 0.362. The van der Waals surface area contributed by atoms with Crippen molar-refractivity contribution >= 4 is 60.1 Å². The average molecular weight is 383 g/mol. The van der Waals surface area contributed by atoms with E-state index in [2.05, 4.69) is 87.1 Å². The van der Waals surface area contributed by atoms with Gasteiger partial charge in [0.05, 0.1) is 0 Å². The maximum absolute atomic E-state index is 3.61. The Labute approximate surface area is 116 Å². The fourth-order valence-electron chi connectivity index (χ4n) is 1.96. The Balaban J connectivity index is 2.56. The van der Waals surface area contributed by atoms with Crippen LogP contribution in [0.1, 0.15) is 0 Å². The fourth-order valence-corrected chi connectivity index (χ4v) is 3.05. The van der Waals surface area contributed by atoms with Crippen LogP contribution in [0.15, 0.2) is 53.0 Å². The summed E-state index contributed by atoms with van der Waals surface area (Å²) in [6, 6.07) is 17.2. The molecule has 0 aliphatic carbocycles. The molecule has 0 saturated carbocycles. The third-order valence-corrected chi connectivity index (χ3v) is 4.41. The van der Waals surface area contributed by atoms with E-state index in [0.29, 0.717) is 0 Å². The van der Waals surface area contributed by atoms with E-state index in [9.17, 15) is 0 Å². The lowest BCUT2D eigenvalue weighted by Gasteiger charge is -2.06. The molecule has 3 aromatic carbocycles. The van der Waals surface area contributed by atoms with Crippen LogP contribution in [0.25, 0.3) is 21.5 Å². The molecule has 0 amide bonds. The first kappa shape index (κ1) is 10.5. The van der Waals surface area contributed by atoms with Gasteiger partial charge >= 0.3 is 0 Å². The second kappa shape index (κ2) is 4.00. The predicted octanol–water partition coefficient (Wildman–Crippen LogP) is 5.36. The van der Waals surface area contributed by atoms with E-state index in [1.807, 2.05) is 0 Å². The van der Waals surface area contributed by atoms with Crippen LogP contribution in [0.4, 0.5) is 0 Å². The van der Waals surface area contributed by atoms with Gasteiger partial charge in [-0.1, -0.05) is 40.2 Å². The summed E-state index contributed by atoms with van der Waals surface area (Å²) in [4.78, 5) is 0. The fraction of sp³-hybridized carbons (Fsp3) is 0. The van der Waals surface area contributed by atoms with Gasteiger partial charge in [0, 0.05) is 8.04 Å². The van der Waals surface area contributed by atoms with Gasteiger partial charge in [0.25, 0.3) is 0 Å². The Kier molecular flexibility index (Phi) is 2.64. The second-order valence-corrected chi connectivity index (χ2v) is 5.79. The number of fused-ring (bicyclic) bond motifs is 2. The maximum Gasteiger partial charge on any atom is 0.0254 e. The average Bonchev–Trinajstić information content (AvgIpc) is 2.32. The van der Waals surface area contributed by atoms with Crippen LogP contribution >= 0.6 is 38.5 Å². The van der Waals surface area contributed by atoms with Crippen LogP contribution in [-0.2, 0) is 0 Å². The molecule has 0 aliphatic rings. The molecule has 0 bridgehead atoms. The third-order valence-electron chi connectivity index (χ3n) is 2.78. The highest BCUT2D eigenvalue weighted by molar-refractivity contribution is 14.1. The molecule has 0 heterocycles. The SMILES string of the molecule is Brc1ccc(I)c2cc3ccccc3cc12. The zero-order chi connectivity index (χ0) is 11.1. The lowest BCUT2D eigenvalue weighted by atomic mass is 10.0. The molecule has 0 unspecified atom stereocenters. The molecule has 16 heavy (non-hydrogen) atoms. The van der Waals surface area contributed by atoms with Gasteiger partial charge in [0.1, 0.15) is 0 Å². The monoisotopic (exact) mass is 382 g/mol. The van der Waals surface area contributed by atoms with Crippen LogP contribution in [0.2, 0.25) is 0 Å². The zero-order valence-electron chi connectivity index (χ0n) is 8.37. The first-order chi connectivity index (χ1) is 7.75. The summed E-state index contributed by atoms with van der Waals surface area (Å²) in [5.74, 6) is 0. The molecule has 78 valence electrons. The molecular weight excluding hydrogens is 375 g/mol. The predicted molar refractivity (Wildman–Crippen MR) is 81.9 cm³/mol. The van der Waals surface area contributed by atoms with E-state index in [4.69, 9.17) is 0 Å². The molecular formula is C14H8BrI. The summed E-state index contributed by atoms with van der Waals surface area (Å²) in [6.07, 6.45) is 0. The zero-order valence-corrected chi connectivity index (χ0v) is 12.1. The highest BCUT2D eigenvalue weighted by Gasteiger charge is 2.04. The molecule has 0 atom stereocenters. The molecule has 0 nitrogen and oxygen atoms in total. The molecule has 0 fully saturated rings. The van der Waals surface area contributed by atoms with E-state index >= 15 is 0 Å². The van der Waals surface area contributed by atoms with Crippen LogP contribution < -0.4 is 0 Å². The van der Waals surface area contributed by atoms with Crippen molar-refractivity contribution in [2.45, 2.75) is 0 Å². The Morgan fingerprint density at radius 2 is 1.44 bits per heavy atom. The van der Waals surface area contributed by atoms with Crippen molar-refractivity contribution in [3.63, 3.8) is 0 Å². The van der Waals surface area contributed by atoms with Gasteiger partial charge in [-0.3, -0.25) is 0 Å². The largest absolute Gasteiger partial charge is 0.0616 e. The second-order valence-electron chi connectivity index (χ2n) is 3.77. The first-order valence-corrected chi connectivity index (χ1v) is 6.89. The minimum atomic E-state index is 1.16.